The molecule has 2 heterocycles. The first-order chi connectivity index (χ1) is 15.4. The molecule has 0 unspecified atom stereocenters. The number of amides is 1. The largest absolute Gasteiger partial charge is 0.383 e. The number of rotatable bonds is 7. The molecule has 0 saturated heterocycles. The minimum absolute atomic E-state index is 0.0625. The third kappa shape index (κ3) is 5.43. The van der Waals surface area contributed by atoms with Gasteiger partial charge >= 0.3 is 0 Å². The van der Waals surface area contributed by atoms with E-state index in [1.807, 2.05) is 6.07 Å². The lowest BCUT2D eigenvalue weighted by molar-refractivity contribution is -0.0901. The normalized spacial score (nSPS) is 18.3. The maximum Gasteiger partial charge on any atom is 0.274 e. The van der Waals surface area contributed by atoms with E-state index in [0.717, 1.165) is 12.8 Å². The molecule has 11 heteroatoms. The molecule has 3 N–H and O–H groups in total. The Balaban J connectivity index is 1.49. The molecule has 2 aliphatic carbocycles. The SMILES string of the molecule is N#Cc1cnc(Nc2cc(NCC3CCCCC3)c(C(=O)NC3CC(F)(F)C3)nn2)cn1. The molecule has 168 valence electrons. The van der Waals surface area contributed by atoms with Crippen molar-refractivity contribution in [3.63, 3.8) is 0 Å². The van der Waals surface area contributed by atoms with Crippen LogP contribution in [0.2, 0.25) is 0 Å². The van der Waals surface area contributed by atoms with Crippen LogP contribution in [0.15, 0.2) is 18.5 Å². The lowest BCUT2D eigenvalue weighted by Gasteiger charge is -2.35. The monoisotopic (exact) mass is 442 g/mol. The maximum atomic E-state index is 13.1. The van der Waals surface area contributed by atoms with Gasteiger partial charge in [-0.25, -0.2) is 18.7 Å². The molecule has 32 heavy (non-hydrogen) atoms. The van der Waals surface area contributed by atoms with Crippen LogP contribution in [-0.4, -0.2) is 44.6 Å². The van der Waals surface area contributed by atoms with Gasteiger partial charge < -0.3 is 16.0 Å². The van der Waals surface area contributed by atoms with E-state index < -0.39 is 17.9 Å². The molecule has 2 aromatic rings. The second kappa shape index (κ2) is 9.38. The van der Waals surface area contributed by atoms with Crippen molar-refractivity contribution >= 4 is 23.2 Å². The predicted molar refractivity (Wildman–Crippen MR) is 113 cm³/mol. The quantitative estimate of drug-likeness (QED) is 0.595. The average Bonchev–Trinajstić information content (AvgIpc) is 2.78. The highest BCUT2D eigenvalue weighted by molar-refractivity contribution is 5.98. The Bertz CT molecular complexity index is 994. The number of carbonyl (C=O) groups excluding carboxylic acids is 1. The van der Waals surface area contributed by atoms with E-state index in [0.29, 0.717) is 29.8 Å². The van der Waals surface area contributed by atoms with E-state index in [4.69, 9.17) is 5.26 Å². The predicted octanol–water partition coefficient (Wildman–Crippen LogP) is 3.40. The summed E-state index contributed by atoms with van der Waals surface area (Å²) in [6, 6.07) is 2.96. The Morgan fingerprint density at radius 1 is 1.12 bits per heavy atom. The molecule has 1 amide bonds. The smallest absolute Gasteiger partial charge is 0.274 e. The first-order valence-corrected chi connectivity index (χ1v) is 10.7. The number of hydrogen-bond acceptors (Lipinski definition) is 8. The zero-order chi connectivity index (χ0) is 22.6. The van der Waals surface area contributed by atoms with Gasteiger partial charge in [0.1, 0.15) is 11.9 Å². The van der Waals surface area contributed by atoms with Crippen molar-refractivity contribution in [3.05, 3.63) is 29.8 Å². The van der Waals surface area contributed by atoms with Gasteiger partial charge in [-0.05, 0) is 18.8 Å². The number of halogens is 2. The second-order valence-corrected chi connectivity index (χ2v) is 8.34. The zero-order valence-electron chi connectivity index (χ0n) is 17.4. The standard InChI is InChI=1S/C21H24F2N8O/c22-21(23)7-14(8-21)28-20(32)19-16(26-10-13-4-2-1-3-5-13)6-17(30-31-19)29-18-12-25-15(9-24)11-27-18/h6,11-14H,1-5,7-8,10H2,(H,28,32)(H2,26,27,29,30). The van der Waals surface area contributed by atoms with Gasteiger partial charge in [0.05, 0.1) is 18.1 Å². The van der Waals surface area contributed by atoms with E-state index in [2.05, 4.69) is 36.1 Å². The van der Waals surface area contributed by atoms with Crippen LogP contribution in [0.25, 0.3) is 0 Å². The number of carbonyl (C=O) groups is 1. The summed E-state index contributed by atoms with van der Waals surface area (Å²) in [7, 11) is 0. The topological polar surface area (TPSA) is 129 Å². The summed E-state index contributed by atoms with van der Waals surface area (Å²) in [5, 5.41) is 25.8. The number of nitrogens with zero attached hydrogens (tertiary/aromatic N) is 5. The number of nitrogens with one attached hydrogen (secondary N) is 3. The summed E-state index contributed by atoms with van der Waals surface area (Å²) >= 11 is 0. The van der Waals surface area contributed by atoms with E-state index in [1.54, 1.807) is 6.07 Å². The molecule has 9 nitrogen and oxygen atoms in total. The molecule has 0 aromatic carbocycles. The van der Waals surface area contributed by atoms with E-state index >= 15 is 0 Å². The van der Waals surface area contributed by atoms with Crippen molar-refractivity contribution in [1.29, 1.82) is 5.26 Å². The maximum absolute atomic E-state index is 13.1. The number of nitriles is 1. The van der Waals surface area contributed by atoms with Gasteiger partial charge in [-0.15, -0.1) is 10.2 Å². The summed E-state index contributed by atoms with van der Waals surface area (Å²) in [6.45, 7) is 0.684. The first kappa shape index (κ1) is 21.8. The lowest BCUT2D eigenvalue weighted by Crippen LogP contribution is -2.50. The van der Waals surface area contributed by atoms with E-state index in [-0.39, 0.29) is 24.2 Å². The molecule has 2 aliphatic rings. The number of aromatic nitrogens is 4. The van der Waals surface area contributed by atoms with E-state index in [1.165, 1.54) is 31.7 Å². The molecular weight excluding hydrogens is 418 g/mol. The first-order valence-electron chi connectivity index (χ1n) is 10.7. The highest BCUT2D eigenvalue weighted by Crippen LogP contribution is 2.37. The molecule has 0 radical (unpaired) electrons. The third-order valence-corrected chi connectivity index (χ3v) is 5.76. The Morgan fingerprint density at radius 3 is 2.56 bits per heavy atom. The second-order valence-electron chi connectivity index (χ2n) is 8.34. The van der Waals surface area contributed by atoms with E-state index in [9.17, 15) is 13.6 Å². The molecule has 2 aromatic heterocycles. The summed E-state index contributed by atoms with van der Waals surface area (Å²) in [4.78, 5) is 20.7. The Morgan fingerprint density at radius 2 is 1.91 bits per heavy atom. The van der Waals surface area contributed by atoms with Crippen LogP contribution in [-0.2, 0) is 0 Å². The van der Waals surface area contributed by atoms with Crippen LogP contribution in [0, 0.1) is 17.2 Å². The van der Waals surface area contributed by atoms with Crippen molar-refractivity contribution in [2.45, 2.75) is 56.9 Å². The van der Waals surface area contributed by atoms with Crippen molar-refractivity contribution in [2.75, 3.05) is 17.2 Å². The molecule has 0 atom stereocenters. The van der Waals surface area contributed by atoms with Gasteiger partial charge in [-0.1, -0.05) is 19.3 Å². The number of hydrogen-bond donors (Lipinski definition) is 3. The van der Waals surface area contributed by atoms with Crippen LogP contribution in [0.5, 0.6) is 0 Å². The summed E-state index contributed by atoms with van der Waals surface area (Å²) in [5.74, 6) is -2.05. The minimum Gasteiger partial charge on any atom is -0.383 e. The van der Waals surface area contributed by atoms with Gasteiger partial charge in [-0.3, -0.25) is 4.79 Å². The van der Waals surface area contributed by atoms with Crippen LogP contribution < -0.4 is 16.0 Å². The number of anilines is 3. The Kier molecular flexibility index (Phi) is 6.39. The molecule has 0 bridgehead atoms. The van der Waals surface area contributed by atoms with Crippen molar-refractivity contribution in [1.82, 2.24) is 25.5 Å². The van der Waals surface area contributed by atoms with Gasteiger partial charge in [0, 0.05) is 31.5 Å². The Hall–Kier alpha value is -3.42. The zero-order valence-corrected chi connectivity index (χ0v) is 17.4. The Labute approximate surface area is 184 Å². The van der Waals surface area contributed by atoms with Crippen LogP contribution in [0.4, 0.5) is 26.1 Å². The average molecular weight is 442 g/mol. The number of alkyl halides is 2. The molecule has 0 spiro atoms. The highest BCUT2D eigenvalue weighted by atomic mass is 19.3. The van der Waals surface area contributed by atoms with Gasteiger partial charge in [0.2, 0.25) is 0 Å². The van der Waals surface area contributed by atoms with Crippen molar-refractivity contribution in [3.8, 4) is 6.07 Å². The van der Waals surface area contributed by atoms with Crippen LogP contribution >= 0.6 is 0 Å². The molecule has 2 saturated carbocycles. The van der Waals surface area contributed by atoms with Crippen molar-refractivity contribution in [2.24, 2.45) is 5.92 Å². The molecular formula is C21H24F2N8O. The van der Waals surface area contributed by atoms with Gasteiger partial charge in [0.25, 0.3) is 11.8 Å². The fraction of sp³-hybridized carbons (Fsp3) is 0.524. The third-order valence-electron chi connectivity index (χ3n) is 5.76. The van der Waals surface area contributed by atoms with Gasteiger partial charge in [-0.2, -0.15) is 5.26 Å². The van der Waals surface area contributed by atoms with Gasteiger partial charge in [0.15, 0.2) is 17.2 Å². The van der Waals surface area contributed by atoms with Crippen molar-refractivity contribution < 1.29 is 13.6 Å². The molecule has 4 rings (SSSR count). The highest BCUT2D eigenvalue weighted by Gasteiger charge is 2.46. The summed E-state index contributed by atoms with van der Waals surface area (Å²) in [6.07, 6.45) is 7.85. The fourth-order valence-corrected chi connectivity index (χ4v) is 4.00. The summed E-state index contributed by atoms with van der Waals surface area (Å²) < 4.78 is 26.3. The summed E-state index contributed by atoms with van der Waals surface area (Å²) in [5.41, 5.74) is 0.718. The van der Waals surface area contributed by atoms with Crippen LogP contribution in [0.1, 0.15) is 61.1 Å². The van der Waals surface area contributed by atoms with Crippen LogP contribution in [0.3, 0.4) is 0 Å². The lowest BCUT2D eigenvalue weighted by atomic mass is 9.88. The minimum atomic E-state index is -2.72. The molecule has 2 fully saturated rings. The fourth-order valence-electron chi connectivity index (χ4n) is 4.00. The molecule has 0 aliphatic heterocycles.